The molecule has 0 saturated carbocycles. The van der Waals surface area contributed by atoms with E-state index in [9.17, 15) is 14.4 Å². The van der Waals surface area contributed by atoms with E-state index in [0.717, 1.165) is 0 Å². The Labute approximate surface area is 111 Å². The van der Waals surface area contributed by atoms with Crippen molar-refractivity contribution < 1.29 is 19.5 Å². The van der Waals surface area contributed by atoms with Crippen LogP contribution in [0.4, 0.5) is 5.69 Å². The first-order chi connectivity index (χ1) is 8.95. The fourth-order valence-electron chi connectivity index (χ4n) is 1.69. The van der Waals surface area contributed by atoms with Crippen molar-refractivity contribution in [2.75, 3.05) is 11.4 Å². The molecule has 1 N–H and O–H groups in total. The van der Waals surface area contributed by atoms with Crippen molar-refractivity contribution in [3.63, 3.8) is 0 Å². The first-order valence-corrected chi connectivity index (χ1v) is 6.09. The van der Waals surface area contributed by atoms with Crippen LogP contribution in [0.5, 0.6) is 0 Å². The summed E-state index contributed by atoms with van der Waals surface area (Å²) in [5, 5.41) is 8.71. The van der Waals surface area contributed by atoms with E-state index in [4.69, 9.17) is 5.11 Å². The molecule has 0 aromatic heterocycles. The molecule has 5 heteroatoms. The molecule has 0 bridgehead atoms. The summed E-state index contributed by atoms with van der Waals surface area (Å²) in [5.41, 5.74) is 1.06. The van der Waals surface area contributed by atoms with Crippen LogP contribution in [0.15, 0.2) is 24.3 Å². The Hall–Kier alpha value is -2.17. The van der Waals surface area contributed by atoms with Gasteiger partial charge in [-0.3, -0.25) is 14.4 Å². The first-order valence-electron chi connectivity index (χ1n) is 6.09. The quantitative estimate of drug-likeness (QED) is 0.797. The van der Waals surface area contributed by atoms with E-state index >= 15 is 0 Å². The van der Waals surface area contributed by atoms with E-state index in [0.29, 0.717) is 11.3 Å². The number of carbonyl (C=O) groups is 3. The van der Waals surface area contributed by atoms with Gasteiger partial charge in [0, 0.05) is 24.2 Å². The second kappa shape index (κ2) is 6.68. The maximum Gasteiger partial charge on any atom is 0.305 e. The lowest BCUT2D eigenvalue weighted by atomic mass is 10.1. The second-order valence-corrected chi connectivity index (χ2v) is 4.15. The lowest BCUT2D eigenvalue weighted by Gasteiger charge is -2.22. The van der Waals surface area contributed by atoms with E-state index in [2.05, 4.69) is 0 Å². The molecule has 0 fully saturated rings. The third-order valence-electron chi connectivity index (χ3n) is 2.72. The summed E-state index contributed by atoms with van der Waals surface area (Å²) in [4.78, 5) is 35.2. The molecule has 0 aliphatic carbocycles. The minimum Gasteiger partial charge on any atom is -0.481 e. The first kappa shape index (κ1) is 14.9. The fourth-order valence-corrected chi connectivity index (χ4v) is 1.69. The number of amides is 1. The van der Waals surface area contributed by atoms with Crippen molar-refractivity contribution in [1.82, 2.24) is 0 Å². The minimum absolute atomic E-state index is 0.0935. The fraction of sp³-hybridized carbons (Fsp3) is 0.357. The molecule has 1 rings (SSSR count). The van der Waals surface area contributed by atoms with Crippen LogP contribution < -0.4 is 4.90 Å². The van der Waals surface area contributed by atoms with Crippen LogP contribution in [-0.4, -0.2) is 29.3 Å². The highest BCUT2D eigenvalue weighted by atomic mass is 16.4. The molecule has 1 aromatic carbocycles. The molecular weight excluding hydrogens is 246 g/mol. The lowest BCUT2D eigenvalue weighted by Crippen LogP contribution is -2.32. The number of hydrogen-bond donors (Lipinski definition) is 1. The Morgan fingerprint density at radius 1 is 1.26 bits per heavy atom. The Kier molecular flexibility index (Phi) is 5.23. The summed E-state index contributed by atoms with van der Waals surface area (Å²) in [6.07, 6.45) is 0.153. The zero-order valence-corrected chi connectivity index (χ0v) is 11.0. The number of anilines is 1. The third-order valence-corrected chi connectivity index (χ3v) is 2.72. The number of carboxylic acids is 1. The second-order valence-electron chi connectivity index (χ2n) is 4.15. The van der Waals surface area contributed by atoms with Crippen LogP contribution in [0, 0.1) is 0 Å². The van der Waals surface area contributed by atoms with Crippen LogP contribution in [0.3, 0.4) is 0 Å². The zero-order valence-electron chi connectivity index (χ0n) is 11.0. The standard InChI is InChI=1S/C14H17NO4/c1-3-13(17)15(8-7-14(18)19)12-6-4-5-11(9-12)10(2)16/h4-6,9H,3,7-8H2,1-2H3,(H,18,19). The van der Waals surface area contributed by atoms with E-state index in [-0.39, 0.29) is 31.1 Å². The van der Waals surface area contributed by atoms with Crippen LogP contribution >= 0.6 is 0 Å². The molecule has 0 spiro atoms. The molecule has 0 saturated heterocycles. The number of carbonyl (C=O) groups excluding carboxylic acids is 2. The number of rotatable bonds is 6. The van der Waals surface area contributed by atoms with E-state index in [1.54, 1.807) is 31.2 Å². The molecule has 0 atom stereocenters. The molecular formula is C14H17NO4. The van der Waals surface area contributed by atoms with Crippen molar-refractivity contribution in [3.05, 3.63) is 29.8 Å². The number of hydrogen-bond acceptors (Lipinski definition) is 3. The van der Waals surface area contributed by atoms with Crippen molar-refractivity contribution in [2.45, 2.75) is 26.7 Å². The van der Waals surface area contributed by atoms with Crippen molar-refractivity contribution in [1.29, 1.82) is 0 Å². The van der Waals surface area contributed by atoms with Crippen molar-refractivity contribution >= 4 is 23.3 Å². The maximum absolute atomic E-state index is 11.9. The van der Waals surface area contributed by atoms with Gasteiger partial charge in [0.05, 0.1) is 6.42 Å². The molecule has 0 unspecified atom stereocenters. The number of carboxylic acid groups (broad SMARTS) is 1. The van der Waals surface area contributed by atoms with Gasteiger partial charge in [-0.2, -0.15) is 0 Å². The third kappa shape index (κ3) is 4.21. The summed E-state index contributed by atoms with van der Waals surface area (Å²) in [6, 6.07) is 6.65. The summed E-state index contributed by atoms with van der Waals surface area (Å²) >= 11 is 0. The Morgan fingerprint density at radius 2 is 1.95 bits per heavy atom. The van der Waals surface area contributed by atoms with Gasteiger partial charge in [-0.1, -0.05) is 19.1 Å². The number of Topliss-reactive ketones (excluding diaryl/α,β-unsaturated/α-hetero) is 1. The van der Waals surface area contributed by atoms with Crippen LogP contribution in [0.2, 0.25) is 0 Å². The average molecular weight is 263 g/mol. The smallest absolute Gasteiger partial charge is 0.305 e. The monoisotopic (exact) mass is 263 g/mol. The summed E-state index contributed by atoms with van der Waals surface area (Å²) in [5.74, 6) is -1.22. The van der Waals surface area contributed by atoms with Gasteiger partial charge in [-0.25, -0.2) is 0 Å². The van der Waals surface area contributed by atoms with E-state index in [1.165, 1.54) is 11.8 Å². The number of aliphatic carboxylic acids is 1. The molecule has 0 aliphatic rings. The minimum atomic E-state index is -0.961. The van der Waals surface area contributed by atoms with Gasteiger partial charge in [0.2, 0.25) is 5.91 Å². The van der Waals surface area contributed by atoms with Gasteiger partial charge >= 0.3 is 5.97 Å². The Morgan fingerprint density at radius 3 is 2.47 bits per heavy atom. The van der Waals surface area contributed by atoms with Crippen LogP contribution in [0.1, 0.15) is 37.0 Å². The van der Waals surface area contributed by atoms with Gasteiger partial charge < -0.3 is 10.0 Å². The van der Waals surface area contributed by atoms with Crippen molar-refractivity contribution in [2.24, 2.45) is 0 Å². The molecule has 5 nitrogen and oxygen atoms in total. The summed E-state index contributed by atoms with van der Waals surface area (Å²) in [6.45, 7) is 3.26. The lowest BCUT2D eigenvalue weighted by molar-refractivity contribution is -0.136. The number of benzene rings is 1. The molecule has 102 valence electrons. The predicted octanol–water partition coefficient (Wildman–Crippen LogP) is 2.11. The molecule has 1 aromatic rings. The van der Waals surface area contributed by atoms with Gasteiger partial charge in [0.1, 0.15) is 0 Å². The number of ketones is 1. The molecule has 19 heavy (non-hydrogen) atoms. The molecule has 1 amide bonds. The normalized spacial score (nSPS) is 10.0. The average Bonchev–Trinajstić information content (AvgIpc) is 2.38. The Bertz CT molecular complexity index is 496. The molecule has 0 radical (unpaired) electrons. The van der Waals surface area contributed by atoms with E-state index in [1.807, 2.05) is 0 Å². The SMILES string of the molecule is CCC(=O)N(CCC(=O)O)c1cccc(C(C)=O)c1. The molecule has 0 aliphatic heterocycles. The summed E-state index contributed by atoms with van der Waals surface area (Å²) < 4.78 is 0. The van der Waals surface area contributed by atoms with Crippen molar-refractivity contribution in [3.8, 4) is 0 Å². The summed E-state index contributed by atoms with van der Waals surface area (Å²) in [7, 11) is 0. The highest BCUT2D eigenvalue weighted by Crippen LogP contribution is 2.18. The molecule has 0 heterocycles. The highest BCUT2D eigenvalue weighted by molar-refractivity contribution is 5.98. The highest BCUT2D eigenvalue weighted by Gasteiger charge is 2.16. The number of nitrogens with zero attached hydrogens (tertiary/aromatic N) is 1. The van der Waals surface area contributed by atoms with Crippen LogP contribution in [0.25, 0.3) is 0 Å². The zero-order chi connectivity index (χ0) is 14.4. The van der Waals surface area contributed by atoms with Gasteiger partial charge in [0.15, 0.2) is 5.78 Å². The predicted molar refractivity (Wildman–Crippen MR) is 71.3 cm³/mol. The van der Waals surface area contributed by atoms with Gasteiger partial charge in [-0.15, -0.1) is 0 Å². The van der Waals surface area contributed by atoms with E-state index < -0.39 is 5.97 Å². The van der Waals surface area contributed by atoms with Gasteiger partial charge in [0.25, 0.3) is 0 Å². The topological polar surface area (TPSA) is 74.7 Å². The Balaban J connectivity index is 3.02. The van der Waals surface area contributed by atoms with Crippen LogP contribution in [-0.2, 0) is 9.59 Å². The maximum atomic E-state index is 11.9. The van der Waals surface area contributed by atoms with Gasteiger partial charge in [-0.05, 0) is 19.1 Å². The largest absolute Gasteiger partial charge is 0.481 e.